The van der Waals surface area contributed by atoms with Gasteiger partial charge in [0, 0.05) is 49.8 Å². The zero-order chi connectivity index (χ0) is 35.6. The number of allylic oxidation sites excluding steroid dienone is 4. The molecule has 10 aromatic rings. The maximum Gasteiger partial charge on any atom is 0.160 e. The van der Waals surface area contributed by atoms with Gasteiger partial charge in [0.1, 0.15) is 11.2 Å². The van der Waals surface area contributed by atoms with Crippen LogP contribution in [0.15, 0.2) is 180 Å². The van der Waals surface area contributed by atoms with Crippen LogP contribution < -0.4 is 0 Å². The van der Waals surface area contributed by atoms with Gasteiger partial charge >= 0.3 is 0 Å². The highest BCUT2D eigenvalue weighted by atomic mass is 16.3. The number of rotatable bonds is 5. The fraction of sp³-hybridized carbons (Fsp3) is 0.0400. The third-order valence-corrected chi connectivity index (χ3v) is 10.8. The largest absolute Gasteiger partial charge is 0.456 e. The number of para-hydroxylation sites is 1. The van der Waals surface area contributed by atoms with Crippen LogP contribution in [0.5, 0.6) is 0 Å². The summed E-state index contributed by atoms with van der Waals surface area (Å²) < 4.78 is 9.14. The third-order valence-electron chi connectivity index (χ3n) is 10.8. The zero-order valence-electron chi connectivity index (χ0n) is 29.4. The highest BCUT2D eigenvalue weighted by Gasteiger charge is 2.20. The van der Waals surface area contributed by atoms with Gasteiger partial charge in [0.2, 0.25) is 0 Å². The first-order valence-corrected chi connectivity index (χ1v) is 18.6. The monoisotopic (exact) mass is 691 g/mol. The summed E-state index contributed by atoms with van der Waals surface area (Å²) in [5.74, 6) is 0.753. The molecule has 0 atom stereocenters. The Morgan fingerprint density at radius 1 is 0.500 bits per heavy atom. The van der Waals surface area contributed by atoms with E-state index in [4.69, 9.17) is 14.4 Å². The molecule has 0 saturated carbocycles. The van der Waals surface area contributed by atoms with Crippen molar-refractivity contribution in [2.45, 2.75) is 12.8 Å². The van der Waals surface area contributed by atoms with Crippen molar-refractivity contribution in [1.82, 2.24) is 14.5 Å². The molecule has 3 heterocycles. The number of fused-ring (bicyclic) bond motifs is 7. The maximum absolute atomic E-state index is 6.74. The van der Waals surface area contributed by atoms with Gasteiger partial charge in [0.05, 0.1) is 22.2 Å². The van der Waals surface area contributed by atoms with Crippen LogP contribution in [0.25, 0.3) is 99.4 Å². The summed E-state index contributed by atoms with van der Waals surface area (Å²) in [4.78, 5) is 10.2. The van der Waals surface area contributed by atoms with Gasteiger partial charge in [0.15, 0.2) is 5.82 Å². The van der Waals surface area contributed by atoms with E-state index >= 15 is 0 Å². The van der Waals surface area contributed by atoms with Crippen molar-refractivity contribution >= 4 is 60.2 Å². The molecular formula is C50H33N3O. The van der Waals surface area contributed by atoms with Crippen molar-refractivity contribution < 1.29 is 4.42 Å². The van der Waals surface area contributed by atoms with Gasteiger partial charge in [-0.1, -0.05) is 133 Å². The van der Waals surface area contributed by atoms with Gasteiger partial charge in [-0.2, -0.15) is 0 Å². The van der Waals surface area contributed by atoms with Crippen molar-refractivity contribution in [2.24, 2.45) is 0 Å². The number of nitrogens with zero attached hydrogens (tertiary/aromatic N) is 3. The first-order valence-electron chi connectivity index (χ1n) is 18.6. The smallest absolute Gasteiger partial charge is 0.160 e. The van der Waals surface area contributed by atoms with Crippen molar-refractivity contribution in [2.75, 3.05) is 0 Å². The summed E-state index contributed by atoms with van der Waals surface area (Å²) in [6, 6.07) is 56.1. The van der Waals surface area contributed by atoms with Crippen LogP contribution in [0.3, 0.4) is 0 Å². The average Bonchev–Trinajstić information content (AvgIpc) is 3.79. The Kier molecular flexibility index (Phi) is 6.96. The molecule has 11 rings (SSSR count). The molecule has 4 nitrogen and oxygen atoms in total. The molecule has 1 aliphatic rings. The topological polar surface area (TPSA) is 43.9 Å². The zero-order valence-corrected chi connectivity index (χ0v) is 29.4. The van der Waals surface area contributed by atoms with Gasteiger partial charge in [0.25, 0.3) is 0 Å². The molecule has 0 unspecified atom stereocenters. The number of hydrogen-bond donors (Lipinski definition) is 0. The SMILES string of the molecule is C1=CC(c2nc(-c3cccc4oc5cc(-n6c7cc(-c8ccccc8)ccc7c7ccc(-c8ccccc8)cc76)ccc5c34)c3ccccc3n2)=CCC1. The number of benzene rings is 7. The predicted molar refractivity (Wildman–Crippen MR) is 224 cm³/mol. The first kappa shape index (κ1) is 30.6. The first-order chi connectivity index (χ1) is 26.8. The molecule has 4 heteroatoms. The fourth-order valence-corrected chi connectivity index (χ4v) is 8.26. The van der Waals surface area contributed by atoms with E-state index < -0.39 is 0 Å². The third kappa shape index (κ3) is 4.91. The van der Waals surface area contributed by atoms with E-state index in [0.29, 0.717) is 0 Å². The van der Waals surface area contributed by atoms with Crippen LogP contribution in [0, 0.1) is 0 Å². The molecule has 7 aromatic carbocycles. The number of furan rings is 1. The second kappa shape index (κ2) is 12.3. The summed E-state index contributed by atoms with van der Waals surface area (Å²) in [6.07, 6.45) is 8.63. The van der Waals surface area contributed by atoms with Gasteiger partial charge < -0.3 is 8.98 Å². The van der Waals surface area contributed by atoms with Crippen LogP contribution >= 0.6 is 0 Å². The minimum Gasteiger partial charge on any atom is -0.456 e. The molecule has 1 aliphatic carbocycles. The molecule has 0 bridgehead atoms. The van der Waals surface area contributed by atoms with Gasteiger partial charge in [-0.15, -0.1) is 0 Å². The molecule has 0 fully saturated rings. The van der Waals surface area contributed by atoms with E-state index in [0.717, 1.165) is 85.1 Å². The van der Waals surface area contributed by atoms with Crippen molar-refractivity contribution in [3.63, 3.8) is 0 Å². The summed E-state index contributed by atoms with van der Waals surface area (Å²) in [5.41, 5.74) is 13.7. The molecular weight excluding hydrogens is 659 g/mol. The van der Waals surface area contributed by atoms with Crippen molar-refractivity contribution in [3.8, 4) is 39.2 Å². The molecule has 0 N–H and O–H groups in total. The van der Waals surface area contributed by atoms with Crippen LogP contribution in [-0.4, -0.2) is 14.5 Å². The number of aromatic nitrogens is 3. The highest BCUT2D eigenvalue weighted by Crippen LogP contribution is 2.42. The molecule has 3 aromatic heterocycles. The molecule has 0 spiro atoms. The lowest BCUT2D eigenvalue weighted by Gasteiger charge is -2.12. The van der Waals surface area contributed by atoms with Gasteiger partial charge in [-0.3, -0.25) is 0 Å². The summed E-state index contributed by atoms with van der Waals surface area (Å²) in [7, 11) is 0. The lowest BCUT2D eigenvalue weighted by atomic mass is 9.99. The predicted octanol–water partition coefficient (Wildman–Crippen LogP) is 13.4. The van der Waals surface area contributed by atoms with Crippen LogP contribution in [-0.2, 0) is 0 Å². The van der Waals surface area contributed by atoms with Crippen LogP contribution in [0.2, 0.25) is 0 Å². The molecule has 54 heavy (non-hydrogen) atoms. The minimum atomic E-state index is 0.753. The lowest BCUT2D eigenvalue weighted by molar-refractivity contribution is 0.668. The van der Waals surface area contributed by atoms with Crippen molar-refractivity contribution in [3.05, 3.63) is 182 Å². The van der Waals surface area contributed by atoms with E-state index in [2.05, 4.69) is 174 Å². The quantitative estimate of drug-likeness (QED) is 0.180. The van der Waals surface area contributed by atoms with E-state index in [1.54, 1.807) is 0 Å². The Hall–Kier alpha value is -7.04. The van der Waals surface area contributed by atoms with E-state index in [9.17, 15) is 0 Å². The normalized spacial score (nSPS) is 13.1. The van der Waals surface area contributed by atoms with E-state index in [1.165, 1.54) is 33.0 Å². The van der Waals surface area contributed by atoms with Gasteiger partial charge in [-0.05, 0) is 71.5 Å². The van der Waals surface area contributed by atoms with Gasteiger partial charge in [-0.25, -0.2) is 9.97 Å². The molecule has 0 saturated heterocycles. The average molecular weight is 692 g/mol. The second-order valence-electron chi connectivity index (χ2n) is 14.0. The molecule has 0 radical (unpaired) electrons. The van der Waals surface area contributed by atoms with Crippen LogP contribution in [0.4, 0.5) is 0 Å². The fourth-order valence-electron chi connectivity index (χ4n) is 8.26. The highest BCUT2D eigenvalue weighted by molar-refractivity contribution is 6.15. The molecule has 0 amide bonds. The maximum atomic E-state index is 6.74. The molecule has 0 aliphatic heterocycles. The van der Waals surface area contributed by atoms with E-state index in [-0.39, 0.29) is 0 Å². The minimum absolute atomic E-state index is 0.753. The van der Waals surface area contributed by atoms with Crippen molar-refractivity contribution in [1.29, 1.82) is 0 Å². The standard InChI is InChI=1S/C50H33N3O/c1-4-13-32(14-5-1)35-23-26-38-39-27-24-36(33-15-6-2-7-16-33)30-45(39)53(44(38)29-35)37-25-28-41-47(31-37)54-46-22-12-20-42(48(41)46)49-40-19-10-11-21-43(40)51-50(52-49)34-17-8-3-9-18-34/h1-2,4-8,10-31H,3,9H2. The Labute approximate surface area is 312 Å². The summed E-state index contributed by atoms with van der Waals surface area (Å²) in [5, 5.41) is 5.56. The Balaban J connectivity index is 1.14. The second-order valence-corrected chi connectivity index (χ2v) is 14.0. The van der Waals surface area contributed by atoms with Crippen LogP contribution in [0.1, 0.15) is 18.7 Å². The van der Waals surface area contributed by atoms with E-state index in [1.807, 2.05) is 6.07 Å². The summed E-state index contributed by atoms with van der Waals surface area (Å²) in [6.45, 7) is 0. The molecule has 254 valence electrons. The Morgan fingerprint density at radius 2 is 1.19 bits per heavy atom. The lowest BCUT2D eigenvalue weighted by Crippen LogP contribution is -1.99. The summed E-state index contributed by atoms with van der Waals surface area (Å²) >= 11 is 0. The Morgan fingerprint density at radius 3 is 1.89 bits per heavy atom. The number of hydrogen-bond acceptors (Lipinski definition) is 3. The Bertz CT molecular complexity index is 3050.